The fourth-order valence-electron chi connectivity index (χ4n) is 4.45. The van der Waals surface area contributed by atoms with Gasteiger partial charge in [-0.1, -0.05) is 34.3 Å². The van der Waals surface area contributed by atoms with E-state index in [1.54, 1.807) is 6.92 Å². The molecule has 7 heteroatoms. The lowest BCUT2D eigenvalue weighted by molar-refractivity contribution is -0.253. The molecule has 1 N–H and O–H groups in total. The summed E-state index contributed by atoms with van der Waals surface area (Å²) in [6, 6.07) is 0. The fraction of sp³-hybridized carbons (Fsp3) is 0.857. The first-order valence-corrected chi connectivity index (χ1v) is 10.5. The van der Waals surface area contributed by atoms with Crippen LogP contribution in [0.2, 0.25) is 0 Å². The lowest BCUT2D eigenvalue weighted by atomic mass is 9.81. The van der Waals surface area contributed by atoms with Crippen molar-refractivity contribution in [2.75, 3.05) is 6.61 Å². The number of hydrogen-bond acceptors (Lipinski definition) is 7. The normalized spacial score (nSPS) is 38.9. The zero-order valence-corrected chi connectivity index (χ0v) is 17.6. The highest BCUT2D eigenvalue weighted by molar-refractivity contribution is 5.98. The Morgan fingerprint density at radius 3 is 2.14 bits per heavy atom. The van der Waals surface area contributed by atoms with Crippen LogP contribution in [-0.2, 0) is 28.5 Å². The molecule has 3 saturated heterocycles. The van der Waals surface area contributed by atoms with Crippen LogP contribution < -0.4 is 0 Å². The Kier molecular flexibility index (Phi) is 6.35. The summed E-state index contributed by atoms with van der Waals surface area (Å²) in [4.78, 5) is 12.9. The minimum absolute atomic E-state index is 0.259. The molecule has 0 spiro atoms. The molecule has 3 heterocycles. The van der Waals surface area contributed by atoms with Crippen molar-refractivity contribution in [3.63, 3.8) is 0 Å². The van der Waals surface area contributed by atoms with Crippen LogP contribution in [-0.4, -0.2) is 59.8 Å². The van der Waals surface area contributed by atoms with E-state index in [4.69, 9.17) is 23.7 Å². The largest absolute Gasteiger partial charge is 0.390 e. The van der Waals surface area contributed by atoms with Gasteiger partial charge in [-0.05, 0) is 38.2 Å². The topological polar surface area (TPSA) is 83.5 Å². The summed E-state index contributed by atoms with van der Waals surface area (Å²) >= 11 is 0. The minimum Gasteiger partial charge on any atom is -0.390 e. The summed E-state index contributed by atoms with van der Waals surface area (Å²) in [6.45, 7) is 13.6. The predicted molar refractivity (Wildman–Crippen MR) is 101 cm³/mol. The zero-order chi connectivity index (χ0) is 20.7. The number of ketones is 1. The highest BCUT2D eigenvalue weighted by atomic mass is 16.8. The van der Waals surface area contributed by atoms with Crippen molar-refractivity contribution in [1.29, 1.82) is 0 Å². The maximum atomic E-state index is 12.9. The van der Waals surface area contributed by atoms with Gasteiger partial charge in [0.15, 0.2) is 23.6 Å². The number of aliphatic hydroxyl groups excluding tert-OH is 1. The molecule has 0 saturated carbocycles. The van der Waals surface area contributed by atoms with Crippen LogP contribution in [0.5, 0.6) is 0 Å². The second kappa shape index (κ2) is 8.13. The van der Waals surface area contributed by atoms with Crippen LogP contribution in [0.4, 0.5) is 0 Å². The first-order valence-electron chi connectivity index (χ1n) is 10.5. The van der Waals surface area contributed by atoms with Gasteiger partial charge in [0.2, 0.25) is 0 Å². The quantitative estimate of drug-likeness (QED) is 0.660. The number of fused-ring (bicyclic) bond motifs is 1. The number of Topliss-reactive ketones (excluding diaryl/α,β-unsaturated/α-hetero) is 1. The lowest BCUT2D eigenvalue weighted by Gasteiger charge is -2.42. The van der Waals surface area contributed by atoms with E-state index in [2.05, 4.69) is 6.58 Å². The Morgan fingerprint density at radius 2 is 1.64 bits per heavy atom. The van der Waals surface area contributed by atoms with Crippen LogP contribution in [0.1, 0.15) is 60.3 Å². The van der Waals surface area contributed by atoms with E-state index in [-0.39, 0.29) is 12.4 Å². The van der Waals surface area contributed by atoms with Crippen LogP contribution in [0.25, 0.3) is 0 Å². The van der Waals surface area contributed by atoms with Crippen molar-refractivity contribution in [3.8, 4) is 0 Å². The summed E-state index contributed by atoms with van der Waals surface area (Å²) in [5, 5.41) is 11.2. The number of ether oxygens (including phenoxy) is 5. The molecular formula is C21H34O7. The second-order valence-electron chi connectivity index (χ2n) is 8.04. The van der Waals surface area contributed by atoms with E-state index in [1.807, 2.05) is 27.7 Å². The van der Waals surface area contributed by atoms with Crippen LogP contribution in [0, 0.1) is 5.92 Å². The third-order valence-corrected chi connectivity index (χ3v) is 6.45. The molecule has 7 nitrogen and oxygen atoms in total. The molecular weight excluding hydrogens is 364 g/mol. The number of rotatable bonds is 7. The summed E-state index contributed by atoms with van der Waals surface area (Å²) in [7, 11) is 0. The molecule has 0 aromatic heterocycles. The molecule has 0 amide bonds. The first-order chi connectivity index (χ1) is 13.2. The van der Waals surface area contributed by atoms with Crippen LogP contribution in [0.15, 0.2) is 12.2 Å². The van der Waals surface area contributed by atoms with Gasteiger partial charge >= 0.3 is 0 Å². The van der Waals surface area contributed by atoms with Gasteiger partial charge in [-0.25, -0.2) is 0 Å². The van der Waals surface area contributed by atoms with Crippen molar-refractivity contribution in [1.82, 2.24) is 0 Å². The van der Waals surface area contributed by atoms with Gasteiger partial charge in [0.25, 0.3) is 0 Å². The molecule has 28 heavy (non-hydrogen) atoms. The second-order valence-corrected chi connectivity index (χ2v) is 8.04. The van der Waals surface area contributed by atoms with E-state index in [1.165, 1.54) is 0 Å². The summed E-state index contributed by atoms with van der Waals surface area (Å²) in [5.41, 5.74) is 0.368. The SMILES string of the molecule is C=C(C)C(=O)C1O[C@@H]2OC(CC)(CC)O[C@@H]2[C@@H](O)[C@@H]1C1COC(CC)(CC)O1. The molecule has 3 aliphatic heterocycles. The summed E-state index contributed by atoms with van der Waals surface area (Å²) in [5.74, 6) is -2.39. The maximum absolute atomic E-state index is 12.9. The smallest absolute Gasteiger partial charge is 0.190 e. The third kappa shape index (κ3) is 3.57. The van der Waals surface area contributed by atoms with Crippen molar-refractivity contribution in [2.24, 2.45) is 5.92 Å². The lowest BCUT2D eigenvalue weighted by Crippen LogP contribution is -2.59. The standard InChI is InChI=1S/C21H34O7/c1-7-20(8-2)24-11-13(26-20)14-16(23)18-19(25-17(14)15(22)12(5)6)28-21(9-3,10-4)27-18/h13-14,16-19,23H,5,7-11H2,1-4,6H3/t13?,14-,16-,17?,18+,19+/m0/s1. The number of hydrogen-bond donors (Lipinski definition) is 1. The molecule has 6 atom stereocenters. The third-order valence-electron chi connectivity index (χ3n) is 6.45. The van der Waals surface area contributed by atoms with Gasteiger partial charge in [-0.15, -0.1) is 0 Å². The van der Waals surface area contributed by atoms with E-state index in [0.717, 1.165) is 0 Å². The molecule has 0 aromatic carbocycles. The average molecular weight is 398 g/mol. The molecule has 2 unspecified atom stereocenters. The maximum Gasteiger partial charge on any atom is 0.190 e. The van der Waals surface area contributed by atoms with Crippen molar-refractivity contribution in [2.45, 2.75) is 103 Å². The van der Waals surface area contributed by atoms with Crippen molar-refractivity contribution in [3.05, 3.63) is 12.2 Å². The van der Waals surface area contributed by atoms with E-state index < -0.39 is 48.2 Å². The Balaban J connectivity index is 1.90. The fourth-order valence-corrected chi connectivity index (χ4v) is 4.45. The molecule has 0 radical (unpaired) electrons. The van der Waals surface area contributed by atoms with Crippen LogP contribution >= 0.6 is 0 Å². The van der Waals surface area contributed by atoms with Gasteiger partial charge in [0.05, 0.1) is 24.7 Å². The molecule has 3 fully saturated rings. The molecule has 0 bridgehead atoms. The van der Waals surface area contributed by atoms with E-state index in [0.29, 0.717) is 31.3 Å². The van der Waals surface area contributed by atoms with Gasteiger partial charge in [0, 0.05) is 0 Å². The van der Waals surface area contributed by atoms with Crippen molar-refractivity contribution < 1.29 is 33.6 Å². The molecule has 0 aliphatic carbocycles. The van der Waals surface area contributed by atoms with Gasteiger partial charge in [-0.2, -0.15) is 0 Å². The van der Waals surface area contributed by atoms with Gasteiger partial charge in [0.1, 0.15) is 12.2 Å². The molecule has 160 valence electrons. The average Bonchev–Trinajstić information content (AvgIpc) is 3.30. The molecule has 3 aliphatic rings. The number of carbonyl (C=O) groups excluding carboxylic acids is 1. The monoisotopic (exact) mass is 398 g/mol. The van der Waals surface area contributed by atoms with Crippen molar-refractivity contribution >= 4 is 5.78 Å². The van der Waals surface area contributed by atoms with Crippen LogP contribution in [0.3, 0.4) is 0 Å². The highest BCUT2D eigenvalue weighted by Gasteiger charge is 2.60. The summed E-state index contributed by atoms with van der Waals surface area (Å²) < 4.78 is 30.4. The Bertz CT molecular complexity index is 596. The molecule has 0 aromatic rings. The van der Waals surface area contributed by atoms with E-state index >= 15 is 0 Å². The Labute approximate surface area is 167 Å². The Morgan fingerprint density at radius 1 is 1.04 bits per heavy atom. The zero-order valence-electron chi connectivity index (χ0n) is 17.6. The van der Waals surface area contributed by atoms with E-state index in [9.17, 15) is 9.90 Å². The number of carbonyl (C=O) groups is 1. The van der Waals surface area contributed by atoms with Gasteiger partial charge in [-0.3, -0.25) is 4.79 Å². The summed E-state index contributed by atoms with van der Waals surface area (Å²) in [6.07, 6.45) is -1.25. The molecule has 3 rings (SSSR count). The van der Waals surface area contributed by atoms with Gasteiger partial charge < -0.3 is 28.8 Å². The predicted octanol–water partition coefficient (Wildman–Crippen LogP) is 2.70. The number of aliphatic hydroxyl groups is 1. The highest BCUT2D eigenvalue weighted by Crippen LogP contribution is 2.45. The minimum atomic E-state index is -0.981. The first kappa shape index (κ1) is 21.9. The Hall–Kier alpha value is -0.830.